The molecule has 2 aliphatic rings. The van der Waals surface area contributed by atoms with Gasteiger partial charge in [0.05, 0.1) is 16.7 Å². The summed E-state index contributed by atoms with van der Waals surface area (Å²) >= 11 is 1.34. The molecule has 1 aliphatic carbocycles. The van der Waals surface area contributed by atoms with Crippen LogP contribution in [0.1, 0.15) is 40.9 Å². The van der Waals surface area contributed by atoms with E-state index < -0.39 is 0 Å². The molecule has 3 rings (SSSR count). The summed E-state index contributed by atoms with van der Waals surface area (Å²) in [5, 5.41) is 19.7. The molecule has 106 valence electrons. The number of ketones is 1. The Balaban J connectivity index is 1.92. The number of anilines is 2. The van der Waals surface area contributed by atoms with Crippen molar-refractivity contribution >= 4 is 27.8 Å². The summed E-state index contributed by atoms with van der Waals surface area (Å²) in [7, 11) is 0. The molecule has 3 N–H and O–H groups in total. The highest BCUT2D eigenvalue weighted by Gasteiger charge is 2.35. The maximum atomic E-state index is 12.2. The standard InChI is InChI=1S/C14H17N3O2S/c15-7-10-11(16)13(12(19)8-1-2-8)20-14(10)17-5-3-9(18)4-6-17/h8-9,18H,1-6,16H2. The molecule has 0 atom stereocenters. The van der Waals surface area contributed by atoms with E-state index in [2.05, 4.69) is 11.0 Å². The number of aliphatic hydroxyl groups is 1. The molecule has 1 saturated heterocycles. The van der Waals surface area contributed by atoms with Gasteiger partial charge in [-0.15, -0.1) is 11.3 Å². The van der Waals surface area contributed by atoms with E-state index in [0.717, 1.165) is 17.8 Å². The molecule has 1 aromatic rings. The Bertz CT molecular complexity index is 578. The lowest BCUT2D eigenvalue weighted by molar-refractivity contribution is 0.0972. The van der Waals surface area contributed by atoms with Crippen molar-refractivity contribution in [2.45, 2.75) is 31.8 Å². The summed E-state index contributed by atoms with van der Waals surface area (Å²) in [6, 6.07) is 2.14. The van der Waals surface area contributed by atoms with Gasteiger partial charge in [0.1, 0.15) is 16.6 Å². The van der Waals surface area contributed by atoms with Gasteiger partial charge in [-0.05, 0) is 25.7 Å². The summed E-state index contributed by atoms with van der Waals surface area (Å²) < 4.78 is 0. The number of carbonyl (C=O) groups excluding carboxylic acids is 1. The van der Waals surface area contributed by atoms with Gasteiger partial charge in [-0.3, -0.25) is 4.79 Å². The molecular formula is C14H17N3O2S. The molecule has 6 heteroatoms. The fourth-order valence-corrected chi connectivity index (χ4v) is 3.79. The quantitative estimate of drug-likeness (QED) is 0.828. The number of thiophene rings is 1. The van der Waals surface area contributed by atoms with Crippen molar-refractivity contribution < 1.29 is 9.90 Å². The number of carbonyl (C=O) groups is 1. The number of nitrogen functional groups attached to an aromatic ring is 1. The lowest BCUT2D eigenvalue weighted by Crippen LogP contribution is -2.35. The summed E-state index contributed by atoms with van der Waals surface area (Å²) in [6.45, 7) is 1.40. The van der Waals surface area contributed by atoms with Crippen LogP contribution in [0.15, 0.2) is 0 Å². The zero-order valence-corrected chi connectivity index (χ0v) is 11.9. The minimum absolute atomic E-state index is 0.0901. The number of hydrogen-bond acceptors (Lipinski definition) is 6. The number of rotatable bonds is 3. The second kappa shape index (κ2) is 5.08. The zero-order chi connectivity index (χ0) is 14.3. The smallest absolute Gasteiger partial charge is 0.178 e. The highest BCUT2D eigenvalue weighted by molar-refractivity contribution is 7.19. The Morgan fingerprint density at radius 1 is 1.35 bits per heavy atom. The van der Waals surface area contributed by atoms with Crippen LogP contribution < -0.4 is 10.6 Å². The molecular weight excluding hydrogens is 274 g/mol. The molecule has 2 fully saturated rings. The highest BCUT2D eigenvalue weighted by atomic mass is 32.1. The fourth-order valence-electron chi connectivity index (χ4n) is 2.55. The van der Waals surface area contributed by atoms with E-state index in [1.807, 2.05) is 0 Å². The molecule has 0 bridgehead atoms. The second-order valence-corrected chi connectivity index (χ2v) is 6.49. The first-order chi connectivity index (χ1) is 9.61. The van der Waals surface area contributed by atoms with Crippen molar-refractivity contribution in [1.29, 1.82) is 5.26 Å². The first-order valence-electron chi connectivity index (χ1n) is 6.91. The number of nitrogens with two attached hydrogens (primary N) is 1. The topological polar surface area (TPSA) is 90.4 Å². The predicted octanol–water partition coefficient (Wildman–Crippen LogP) is 1.76. The lowest BCUT2D eigenvalue weighted by Gasteiger charge is -2.30. The summed E-state index contributed by atoms with van der Waals surface area (Å²) in [4.78, 5) is 14.8. The van der Waals surface area contributed by atoms with Gasteiger partial charge in [0, 0.05) is 19.0 Å². The molecule has 0 radical (unpaired) electrons. The number of nitrogens with zero attached hydrogens (tertiary/aromatic N) is 2. The van der Waals surface area contributed by atoms with Crippen LogP contribution in [0.3, 0.4) is 0 Å². The molecule has 0 amide bonds. The number of aliphatic hydroxyl groups excluding tert-OH is 1. The van der Waals surface area contributed by atoms with Crippen LogP contribution in [-0.4, -0.2) is 30.1 Å². The van der Waals surface area contributed by atoms with Crippen LogP contribution in [0.25, 0.3) is 0 Å². The zero-order valence-electron chi connectivity index (χ0n) is 11.1. The van der Waals surface area contributed by atoms with E-state index in [4.69, 9.17) is 5.73 Å². The molecule has 5 nitrogen and oxygen atoms in total. The van der Waals surface area contributed by atoms with Gasteiger partial charge in [0.2, 0.25) is 0 Å². The van der Waals surface area contributed by atoms with Crippen molar-refractivity contribution in [3.63, 3.8) is 0 Å². The van der Waals surface area contributed by atoms with Crippen LogP contribution in [0.4, 0.5) is 10.7 Å². The maximum absolute atomic E-state index is 12.2. The molecule has 20 heavy (non-hydrogen) atoms. The van der Waals surface area contributed by atoms with Crippen molar-refractivity contribution in [2.75, 3.05) is 23.7 Å². The van der Waals surface area contributed by atoms with E-state index in [1.165, 1.54) is 11.3 Å². The fraction of sp³-hybridized carbons (Fsp3) is 0.571. The molecule has 0 spiro atoms. The van der Waals surface area contributed by atoms with Gasteiger partial charge in [0.15, 0.2) is 5.78 Å². The normalized spacial score (nSPS) is 19.9. The van der Waals surface area contributed by atoms with Gasteiger partial charge in [-0.1, -0.05) is 0 Å². The van der Waals surface area contributed by atoms with Gasteiger partial charge in [-0.25, -0.2) is 0 Å². The maximum Gasteiger partial charge on any atom is 0.178 e. The summed E-state index contributed by atoms with van der Waals surface area (Å²) in [5.74, 6) is 0.200. The molecule has 1 aliphatic heterocycles. The third-order valence-corrected chi connectivity index (χ3v) is 5.24. The van der Waals surface area contributed by atoms with Crippen LogP contribution >= 0.6 is 11.3 Å². The minimum Gasteiger partial charge on any atom is -0.396 e. The van der Waals surface area contributed by atoms with Gasteiger partial charge in [0.25, 0.3) is 0 Å². The largest absolute Gasteiger partial charge is 0.396 e. The van der Waals surface area contributed by atoms with Crippen LogP contribution in [0.5, 0.6) is 0 Å². The third kappa shape index (κ3) is 2.28. The van der Waals surface area contributed by atoms with E-state index in [-0.39, 0.29) is 17.8 Å². The molecule has 0 unspecified atom stereocenters. The van der Waals surface area contributed by atoms with Crippen molar-refractivity contribution in [1.82, 2.24) is 0 Å². The van der Waals surface area contributed by atoms with Crippen molar-refractivity contribution in [2.24, 2.45) is 5.92 Å². The third-order valence-electron chi connectivity index (χ3n) is 3.96. The van der Waals surface area contributed by atoms with E-state index in [0.29, 0.717) is 42.1 Å². The summed E-state index contributed by atoms with van der Waals surface area (Å²) in [5.41, 5.74) is 6.78. The van der Waals surface area contributed by atoms with Crippen LogP contribution in [0.2, 0.25) is 0 Å². The number of nitriles is 1. The van der Waals surface area contributed by atoms with E-state index in [1.54, 1.807) is 0 Å². The number of hydrogen-bond donors (Lipinski definition) is 2. The minimum atomic E-state index is -0.262. The first-order valence-corrected chi connectivity index (χ1v) is 7.73. The Labute approximate surface area is 121 Å². The Hall–Kier alpha value is -1.58. The Kier molecular flexibility index (Phi) is 3.40. The average Bonchev–Trinajstić information content (AvgIpc) is 3.23. The second-order valence-electron chi connectivity index (χ2n) is 5.49. The van der Waals surface area contributed by atoms with E-state index >= 15 is 0 Å². The van der Waals surface area contributed by atoms with Gasteiger partial charge in [-0.2, -0.15) is 5.26 Å². The number of piperidine rings is 1. The van der Waals surface area contributed by atoms with Crippen LogP contribution in [-0.2, 0) is 0 Å². The molecule has 1 aromatic heterocycles. The Morgan fingerprint density at radius 2 is 2.00 bits per heavy atom. The number of Topliss-reactive ketones (excluding diaryl/α,β-unsaturated/α-hetero) is 1. The predicted molar refractivity (Wildman–Crippen MR) is 78.0 cm³/mol. The first kappa shape index (κ1) is 13.4. The monoisotopic (exact) mass is 291 g/mol. The molecule has 1 saturated carbocycles. The highest BCUT2D eigenvalue weighted by Crippen LogP contribution is 2.43. The summed E-state index contributed by atoms with van der Waals surface area (Å²) in [6.07, 6.45) is 2.98. The SMILES string of the molecule is N#Cc1c(N2CCC(O)CC2)sc(C(=O)C2CC2)c1N. The van der Waals surface area contributed by atoms with Gasteiger partial charge < -0.3 is 15.7 Å². The van der Waals surface area contributed by atoms with E-state index in [9.17, 15) is 15.2 Å². The molecule has 0 aromatic carbocycles. The lowest BCUT2D eigenvalue weighted by atomic mass is 10.1. The van der Waals surface area contributed by atoms with Crippen molar-refractivity contribution in [3.05, 3.63) is 10.4 Å². The van der Waals surface area contributed by atoms with Crippen LogP contribution in [0, 0.1) is 17.2 Å². The Morgan fingerprint density at radius 3 is 2.55 bits per heavy atom. The molecule has 2 heterocycles. The average molecular weight is 291 g/mol. The van der Waals surface area contributed by atoms with Gasteiger partial charge >= 0.3 is 0 Å². The van der Waals surface area contributed by atoms with Crippen molar-refractivity contribution in [3.8, 4) is 6.07 Å².